The number of ether oxygens (including phenoxy) is 1. The van der Waals surface area contributed by atoms with E-state index in [0.29, 0.717) is 38.4 Å². The van der Waals surface area contributed by atoms with Gasteiger partial charge in [0.25, 0.3) is 0 Å². The van der Waals surface area contributed by atoms with Crippen LogP contribution in [0.15, 0.2) is 48.7 Å². The van der Waals surface area contributed by atoms with Crippen LogP contribution in [0.2, 0.25) is 0 Å². The Morgan fingerprint density at radius 3 is 2.78 bits per heavy atom. The van der Waals surface area contributed by atoms with Gasteiger partial charge in [0.1, 0.15) is 11.4 Å². The molecule has 1 aromatic heterocycles. The summed E-state index contributed by atoms with van der Waals surface area (Å²) in [6.07, 6.45) is 2.23. The van der Waals surface area contributed by atoms with Crippen LogP contribution in [0.1, 0.15) is 11.3 Å². The molecule has 0 bridgehead atoms. The Balaban J connectivity index is 1.72. The van der Waals surface area contributed by atoms with E-state index < -0.39 is 5.60 Å². The van der Waals surface area contributed by atoms with Crippen molar-refractivity contribution in [2.45, 2.75) is 18.6 Å². The Kier molecular flexibility index (Phi) is 5.00. The summed E-state index contributed by atoms with van der Waals surface area (Å²) in [6, 6.07) is 13.0. The lowest BCUT2D eigenvalue weighted by Crippen LogP contribution is -2.55. The smallest absolute Gasteiger partial charge is 0.146 e. The van der Waals surface area contributed by atoms with E-state index in [2.05, 4.69) is 9.88 Å². The van der Waals surface area contributed by atoms with E-state index in [1.165, 1.54) is 6.07 Å². The van der Waals surface area contributed by atoms with Gasteiger partial charge in [0.15, 0.2) is 0 Å². The van der Waals surface area contributed by atoms with Gasteiger partial charge in [0.05, 0.1) is 18.9 Å². The lowest BCUT2D eigenvalue weighted by Gasteiger charge is -2.41. The third-order valence-corrected chi connectivity index (χ3v) is 4.19. The fraction of sp³-hybridized carbons (Fsp3) is 0.389. The first-order chi connectivity index (χ1) is 11.2. The van der Waals surface area contributed by atoms with E-state index in [4.69, 9.17) is 4.74 Å². The molecule has 0 spiro atoms. The lowest BCUT2D eigenvalue weighted by molar-refractivity contribution is -0.134. The highest BCUT2D eigenvalue weighted by Crippen LogP contribution is 2.24. The third-order valence-electron chi connectivity index (χ3n) is 4.19. The minimum absolute atomic E-state index is 0.0664. The van der Waals surface area contributed by atoms with Crippen molar-refractivity contribution in [1.29, 1.82) is 0 Å². The number of hydrogen-bond donors (Lipinski definition) is 1. The maximum Gasteiger partial charge on any atom is 0.146 e. The van der Waals surface area contributed by atoms with Crippen LogP contribution in [0.3, 0.4) is 0 Å². The zero-order valence-corrected chi connectivity index (χ0v) is 13.0. The minimum atomic E-state index is -0.648. The van der Waals surface area contributed by atoms with Crippen LogP contribution in [0.25, 0.3) is 0 Å². The molecule has 122 valence electrons. The molecule has 1 aromatic carbocycles. The van der Waals surface area contributed by atoms with Gasteiger partial charge in [-0.15, -0.1) is 0 Å². The number of aliphatic hydroxyl groups excluding tert-OH is 1. The van der Waals surface area contributed by atoms with Crippen molar-refractivity contribution < 1.29 is 14.2 Å². The second-order valence-electron chi connectivity index (χ2n) is 5.99. The molecule has 23 heavy (non-hydrogen) atoms. The van der Waals surface area contributed by atoms with Crippen LogP contribution in [0, 0.1) is 5.82 Å². The Morgan fingerprint density at radius 2 is 2.04 bits per heavy atom. The molecule has 0 aliphatic carbocycles. The summed E-state index contributed by atoms with van der Waals surface area (Å²) in [4.78, 5) is 6.20. The van der Waals surface area contributed by atoms with Crippen LogP contribution in [-0.2, 0) is 17.7 Å². The van der Waals surface area contributed by atoms with Gasteiger partial charge in [-0.05, 0) is 17.7 Å². The summed E-state index contributed by atoms with van der Waals surface area (Å²) in [7, 11) is 0. The van der Waals surface area contributed by atoms with Crippen molar-refractivity contribution in [2.24, 2.45) is 0 Å². The minimum Gasteiger partial charge on any atom is -0.393 e. The molecule has 1 fully saturated rings. The lowest BCUT2D eigenvalue weighted by atomic mass is 9.93. The van der Waals surface area contributed by atoms with Crippen LogP contribution in [-0.4, -0.2) is 46.9 Å². The molecule has 2 heterocycles. The highest BCUT2D eigenvalue weighted by atomic mass is 19.1. The normalized spacial score (nSPS) is 22.2. The molecule has 0 amide bonds. The molecular formula is C18H21FN2O2. The number of pyridine rings is 1. The predicted molar refractivity (Wildman–Crippen MR) is 85.4 cm³/mol. The average Bonchev–Trinajstić information content (AvgIpc) is 2.58. The van der Waals surface area contributed by atoms with Gasteiger partial charge in [-0.1, -0.05) is 30.3 Å². The third kappa shape index (κ3) is 3.93. The van der Waals surface area contributed by atoms with Crippen molar-refractivity contribution in [3.63, 3.8) is 0 Å². The Hall–Kier alpha value is -1.82. The first kappa shape index (κ1) is 16.1. The highest BCUT2D eigenvalue weighted by Gasteiger charge is 2.36. The summed E-state index contributed by atoms with van der Waals surface area (Å²) >= 11 is 0. The van der Waals surface area contributed by atoms with Gasteiger partial charge in [0.2, 0.25) is 0 Å². The summed E-state index contributed by atoms with van der Waals surface area (Å²) in [5, 5.41) is 9.90. The number of halogens is 1. The zero-order chi connectivity index (χ0) is 16.1. The SMILES string of the molecule is OC[C@@]1(Cc2ccccc2)CN(Cc2ncccc2F)CCO1. The molecule has 2 aromatic rings. The Bertz CT molecular complexity index is 638. The largest absolute Gasteiger partial charge is 0.393 e. The number of aromatic nitrogens is 1. The van der Waals surface area contributed by atoms with Gasteiger partial charge in [-0.2, -0.15) is 0 Å². The van der Waals surface area contributed by atoms with Crippen LogP contribution < -0.4 is 0 Å². The summed E-state index contributed by atoms with van der Waals surface area (Å²) in [6.45, 7) is 2.12. The molecule has 1 aliphatic rings. The second-order valence-corrected chi connectivity index (χ2v) is 5.99. The van der Waals surface area contributed by atoms with Crippen molar-refractivity contribution >= 4 is 0 Å². The van der Waals surface area contributed by atoms with E-state index in [1.54, 1.807) is 12.3 Å². The molecule has 4 nitrogen and oxygen atoms in total. The van der Waals surface area contributed by atoms with E-state index in [1.807, 2.05) is 30.3 Å². The maximum atomic E-state index is 13.8. The Morgan fingerprint density at radius 1 is 1.22 bits per heavy atom. The maximum absolute atomic E-state index is 13.8. The summed E-state index contributed by atoms with van der Waals surface area (Å²) in [5.74, 6) is -0.295. The van der Waals surface area contributed by atoms with E-state index >= 15 is 0 Å². The number of rotatable bonds is 5. The fourth-order valence-electron chi connectivity index (χ4n) is 3.03. The standard InChI is InChI=1S/C18H21FN2O2/c19-16-7-4-8-20-17(16)12-21-9-10-23-18(13-21,14-22)11-15-5-2-1-3-6-15/h1-8,22H,9-14H2/t18-/m1/s1. The highest BCUT2D eigenvalue weighted by molar-refractivity contribution is 5.18. The van der Waals surface area contributed by atoms with Gasteiger partial charge in [-0.3, -0.25) is 9.88 Å². The van der Waals surface area contributed by atoms with E-state index in [-0.39, 0.29) is 12.4 Å². The van der Waals surface area contributed by atoms with Crippen LogP contribution in [0.5, 0.6) is 0 Å². The first-order valence-electron chi connectivity index (χ1n) is 7.81. The van der Waals surface area contributed by atoms with Crippen LogP contribution in [0.4, 0.5) is 4.39 Å². The van der Waals surface area contributed by atoms with Gasteiger partial charge in [0, 0.05) is 32.3 Å². The Labute approximate surface area is 135 Å². The van der Waals surface area contributed by atoms with Gasteiger partial charge in [-0.25, -0.2) is 4.39 Å². The van der Waals surface area contributed by atoms with Crippen molar-refractivity contribution in [2.75, 3.05) is 26.3 Å². The molecule has 0 unspecified atom stereocenters. The molecule has 3 rings (SSSR count). The van der Waals surface area contributed by atoms with Crippen molar-refractivity contribution in [3.05, 3.63) is 65.7 Å². The topological polar surface area (TPSA) is 45.6 Å². The molecule has 1 N–H and O–H groups in total. The van der Waals surface area contributed by atoms with Crippen LogP contribution >= 0.6 is 0 Å². The van der Waals surface area contributed by atoms with Crippen molar-refractivity contribution in [1.82, 2.24) is 9.88 Å². The quantitative estimate of drug-likeness (QED) is 0.917. The van der Waals surface area contributed by atoms with E-state index in [9.17, 15) is 9.50 Å². The van der Waals surface area contributed by atoms with Crippen molar-refractivity contribution in [3.8, 4) is 0 Å². The number of benzene rings is 1. The second kappa shape index (κ2) is 7.17. The molecular weight excluding hydrogens is 295 g/mol. The predicted octanol–water partition coefficient (Wildman–Crippen LogP) is 2.03. The van der Waals surface area contributed by atoms with Gasteiger partial charge < -0.3 is 9.84 Å². The molecule has 0 saturated carbocycles. The average molecular weight is 316 g/mol. The van der Waals surface area contributed by atoms with E-state index in [0.717, 1.165) is 5.56 Å². The molecule has 5 heteroatoms. The number of hydrogen-bond acceptors (Lipinski definition) is 4. The summed E-state index contributed by atoms with van der Waals surface area (Å²) in [5.41, 5.74) is 0.901. The number of aliphatic hydroxyl groups is 1. The number of nitrogens with zero attached hydrogens (tertiary/aromatic N) is 2. The van der Waals surface area contributed by atoms with Gasteiger partial charge >= 0.3 is 0 Å². The molecule has 0 radical (unpaired) electrons. The molecule has 1 atom stereocenters. The summed E-state index contributed by atoms with van der Waals surface area (Å²) < 4.78 is 19.7. The zero-order valence-electron chi connectivity index (χ0n) is 13.0. The molecule has 1 saturated heterocycles. The monoisotopic (exact) mass is 316 g/mol. The number of morpholine rings is 1. The molecule has 1 aliphatic heterocycles. The fourth-order valence-corrected chi connectivity index (χ4v) is 3.03. The first-order valence-corrected chi connectivity index (χ1v) is 7.81.